The number of hydrogen-bond donors (Lipinski definition) is 1. The van der Waals surface area contributed by atoms with Crippen molar-refractivity contribution in [2.45, 2.75) is 12.8 Å². The predicted molar refractivity (Wildman–Crippen MR) is 65.2 cm³/mol. The highest BCUT2D eigenvalue weighted by atomic mass is 79.9. The number of benzene rings is 1. The SMILES string of the molecule is CBr.NC1=NCCCc2ccccc21. The van der Waals surface area contributed by atoms with Crippen molar-refractivity contribution in [1.82, 2.24) is 0 Å². The second kappa shape index (κ2) is 5.81. The molecule has 1 aliphatic rings. The van der Waals surface area contributed by atoms with Crippen LogP contribution in [-0.4, -0.2) is 18.2 Å². The van der Waals surface area contributed by atoms with Crippen LogP contribution in [0.3, 0.4) is 0 Å². The highest BCUT2D eigenvalue weighted by Gasteiger charge is 2.07. The maximum absolute atomic E-state index is 5.80. The smallest absolute Gasteiger partial charge is 0.125 e. The van der Waals surface area contributed by atoms with Crippen molar-refractivity contribution < 1.29 is 0 Å². The lowest BCUT2D eigenvalue weighted by Crippen LogP contribution is -2.14. The van der Waals surface area contributed by atoms with E-state index in [4.69, 9.17) is 5.73 Å². The van der Waals surface area contributed by atoms with Crippen molar-refractivity contribution in [3.05, 3.63) is 35.4 Å². The molecule has 0 amide bonds. The molecule has 0 bridgehead atoms. The number of aliphatic imine (C=N–C) groups is 1. The molecular formula is C11H15BrN2. The van der Waals surface area contributed by atoms with Gasteiger partial charge in [-0.1, -0.05) is 40.2 Å². The fourth-order valence-corrected chi connectivity index (χ4v) is 1.54. The van der Waals surface area contributed by atoms with E-state index in [2.05, 4.69) is 33.1 Å². The molecule has 14 heavy (non-hydrogen) atoms. The monoisotopic (exact) mass is 254 g/mol. The molecule has 1 aromatic rings. The molecule has 0 saturated heterocycles. The first kappa shape index (κ1) is 11.2. The summed E-state index contributed by atoms with van der Waals surface area (Å²) in [7, 11) is 0. The normalized spacial score (nSPS) is 14.3. The molecule has 0 spiro atoms. The van der Waals surface area contributed by atoms with Crippen molar-refractivity contribution in [3.8, 4) is 0 Å². The molecule has 76 valence electrons. The van der Waals surface area contributed by atoms with E-state index in [1.54, 1.807) is 0 Å². The number of nitrogens with zero attached hydrogens (tertiary/aromatic N) is 1. The van der Waals surface area contributed by atoms with E-state index in [1.165, 1.54) is 5.56 Å². The summed E-state index contributed by atoms with van der Waals surface area (Å²) in [5.41, 5.74) is 8.25. The summed E-state index contributed by atoms with van der Waals surface area (Å²) in [4.78, 5) is 4.26. The van der Waals surface area contributed by atoms with Crippen LogP contribution in [0.1, 0.15) is 17.5 Å². The molecule has 1 aliphatic heterocycles. The van der Waals surface area contributed by atoms with Crippen molar-refractivity contribution >= 4 is 21.8 Å². The lowest BCUT2D eigenvalue weighted by atomic mass is 10.0. The van der Waals surface area contributed by atoms with E-state index in [0.29, 0.717) is 5.84 Å². The number of alkyl halides is 1. The molecule has 3 heteroatoms. The van der Waals surface area contributed by atoms with Gasteiger partial charge in [-0.05, 0) is 24.2 Å². The average Bonchev–Trinajstić information content (AvgIpc) is 2.45. The topological polar surface area (TPSA) is 38.4 Å². The zero-order valence-electron chi connectivity index (χ0n) is 8.33. The largest absolute Gasteiger partial charge is 0.383 e. The first-order valence-electron chi connectivity index (χ1n) is 4.64. The molecule has 1 heterocycles. The van der Waals surface area contributed by atoms with Gasteiger partial charge in [0.2, 0.25) is 0 Å². The highest BCUT2D eigenvalue weighted by molar-refractivity contribution is 9.08. The molecule has 0 atom stereocenters. The van der Waals surface area contributed by atoms with Crippen LogP contribution in [0.25, 0.3) is 0 Å². The minimum Gasteiger partial charge on any atom is -0.383 e. The first-order valence-corrected chi connectivity index (χ1v) is 6.22. The Labute approximate surface area is 93.4 Å². The molecule has 1 aromatic carbocycles. The van der Waals surface area contributed by atoms with Crippen LogP contribution < -0.4 is 5.73 Å². The lowest BCUT2D eigenvalue weighted by molar-refractivity contribution is 0.844. The number of aryl methyl sites for hydroxylation is 1. The Morgan fingerprint density at radius 2 is 2.00 bits per heavy atom. The van der Waals surface area contributed by atoms with Crippen molar-refractivity contribution in [1.29, 1.82) is 0 Å². The number of halogens is 1. The minimum absolute atomic E-state index is 0.697. The Hall–Kier alpha value is -0.830. The molecule has 0 radical (unpaired) electrons. The van der Waals surface area contributed by atoms with Gasteiger partial charge >= 0.3 is 0 Å². The van der Waals surface area contributed by atoms with Gasteiger partial charge in [0, 0.05) is 12.1 Å². The lowest BCUT2D eigenvalue weighted by Gasteiger charge is -2.03. The van der Waals surface area contributed by atoms with Gasteiger partial charge in [-0.15, -0.1) is 0 Å². The zero-order chi connectivity index (χ0) is 10.4. The summed E-state index contributed by atoms with van der Waals surface area (Å²) >= 11 is 2.94. The number of fused-ring (bicyclic) bond motifs is 1. The van der Waals surface area contributed by atoms with Crippen molar-refractivity contribution in [2.24, 2.45) is 10.7 Å². The standard InChI is InChI=1S/C10H12N2.CH3Br/c11-10-9-6-2-1-4-8(9)5-3-7-12-10;1-2/h1-2,4,6H,3,5,7H2,(H2,11,12);1H3. The number of hydrogen-bond acceptors (Lipinski definition) is 2. The second-order valence-corrected chi connectivity index (χ2v) is 3.03. The Balaban J connectivity index is 0.000000461. The number of amidine groups is 1. The van der Waals surface area contributed by atoms with Gasteiger partial charge < -0.3 is 5.73 Å². The Kier molecular flexibility index (Phi) is 4.66. The summed E-state index contributed by atoms with van der Waals surface area (Å²) < 4.78 is 0. The zero-order valence-corrected chi connectivity index (χ0v) is 9.92. The van der Waals surface area contributed by atoms with E-state index < -0.39 is 0 Å². The third-order valence-corrected chi connectivity index (χ3v) is 2.18. The van der Waals surface area contributed by atoms with E-state index in [0.717, 1.165) is 24.9 Å². The quantitative estimate of drug-likeness (QED) is 0.710. The minimum atomic E-state index is 0.697. The van der Waals surface area contributed by atoms with Crippen LogP contribution in [0.4, 0.5) is 0 Å². The van der Waals surface area contributed by atoms with Crippen LogP contribution in [0.15, 0.2) is 29.3 Å². The van der Waals surface area contributed by atoms with E-state index in [-0.39, 0.29) is 0 Å². The maximum Gasteiger partial charge on any atom is 0.125 e. The number of rotatable bonds is 0. The molecule has 0 saturated carbocycles. The van der Waals surface area contributed by atoms with Crippen molar-refractivity contribution in [2.75, 3.05) is 12.4 Å². The maximum atomic E-state index is 5.80. The predicted octanol–water partition coefficient (Wildman–Crippen LogP) is 2.35. The van der Waals surface area contributed by atoms with Crippen LogP contribution in [0.5, 0.6) is 0 Å². The molecule has 2 rings (SSSR count). The number of nitrogens with two attached hydrogens (primary N) is 1. The van der Waals surface area contributed by atoms with Gasteiger partial charge in [0.15, 0.2) is 0 Å². The van der Waals surface area contributed by atoms with Gasteiger partial charge in [-0.2, -0.15) is 0 Å². The molecule has 2 N–H and O–H groups in total. The van der Waals surface area contributed by atoms with Crippen molar-refractivity contribution in [3.63, 3.8) is 0 Å². The summed E-state index contributed by atoms with van der Waals surface area (Å²) in [6.07, 6.45) is 2.21. The summed E-state index contributed by atoms with van der Waals surface area (Å²) in [6, 6.07) is 8.23. The van der Waals surface area contributed by atoms with Gasteiger partial charge in [-0.3, -0.25) is 4.99 Å². The van der Waals surface area contributed by atoms with E-state index in [1.807, 2.05) is 18.0 Å². The third kappa shape index (κ3) is 2.58. The Morgan fingerprint density at radius 3 is 2.79 bits per heavy atom. The Bertz CT molecular complexity index is 321. The molecule has 0 aliphatic carbocycles. The van der Waals surface area contributed by atoms with Crippen LogP contribution in [0.2, 0.25) is 0 Å². The molecule has 0 aromatic heterocycles. The third-order valence-electron chi connectivity index (χ3n) is 2.18. The van der Waals surface area contributed by atoms with E-state index in [9.17, 15) is 0 Å². The van der Waals surface area contributed by atoms with Gasteiger partial charge in [0.25, 0.3) is 0 Å². The van der Waals surface area contributed by atoms with Gasteiger partial charge in [0.05, 0.1) is 0 Å². The molecule has 2 nitrogen and oxygen atoms in total. The molecule has 0 unspecified atom stereocenters. The van der Waals surface area contributed by atoms with E-state index >= 15 is 0 Å². The summed E-state index contributed by atoms with van der Waals surface area (Å²) in [6.45, 7) is 0.862. The highest BCUT2D eigenvalue weighted by Crippen LogP contribution is 2.13. The Morgan fingerprint density at radius 1 is 1.29 bits per heavy atom. The second-order valence-electron chi connectivity index (χ2n) is 3.03. The molecule has 0 fully saturated rings. The fraction of sp³-hybridized carbons (Fsp3) is 0.364. The fourth-order valence-electron chi connectivity index (χ4n) is 1.54. The molecular weight excluding hydrogens is 240 g/mol. The first-order chi connectivity index (χ1) is 6.88. The van der Waals surface area contributed by atoms with Crippen LogP contribution in [-0.2, 0) is 6.42 Å². The average molecular weight is 255 g/mol. The van der Waals surface area contributed by atoms with Crippen LogP contribution >= 0.6 is 15.9 Å². The summed E-state index contributed by atoms with van der Waals surface area (Å²) in [5, 5.41) is 0. The van der Waals surface area contributed by atoms with Gasteiger partial charge in [-0.25, -0.2) is 0 Å². The van der Waals surface area contributed by atoms with Gasteiger partial charge in [0.1, 0.15) is 5.84 Å². The summed E-state index contributed by atoms with van der Waals surface area (Å²) in [5.74, 6) is 2.51. The van der Waals surface area contributed by atoms with Crippen LogP contribution in [0, 0.1) is 0 Å².